The van der Waals surface area contributed by atoms with Gasteiger partial charge in [-0.1, -0.05) is 40.2 Å². The van der Waals surface area contributed by atoms with E-state index in [4.69, 9.17) is 4.74 Å². The lowest BCUT2D eigenvalue weighted by atomic mass is 10.1. The minimum Gasteiger partial charge on any atom is -0.492 e. The number of hydrogen-bond acceptors (Lipinski definition) is 3. The summed E-state index contributed by atoms with van der Waals surface area (Å²) >= 11 is 3.46. The highest BCUT2D eigenvalue weighted by Gasteiger charge is 2.13. The van der Waals surface area contributed by atoms with Crippen LogP contribution in [0.1, 0.15) is 5.56 Å². The molecule has 0 fully saturated rings. The molecule has 0 unspecified atom stereocenters. The van der Waals surface area contributed by atoms with Crippen molar-refractivity contribution in [1.82, 2.24) is 5.32 Å². The molecule has 0 bridgehead atoms. The first-order chi connectivity index (χ1) is 10.3. The van der Waals surface area contributed by atoms with Gasteiger partial charge in [0.1, 0.15) is 12.4 Å². The molecule has 3 rings (SSSR count). The molecule has 3 nitrogen and oxygen atoms in total. The van der Waals surface area contributed by atoms with E-state index < -0.39 is 0 Å². The van der Waals surface area contributed by atoms with Crippen LogP contribution in [-0.2, 0) is 6.54 Å². The van der Waals surface area contributed by atoms with Gasteiger partial charge in [-0.3, -0.25) is 0 Å². The molecule has 0 aromatic heterocycles. The van der Waals surface area contributed by atoms with Crippen molar-refractivity contribution in [2.24, 2.45) is 0 Å². The van der Waals surface area contributed by atoms with E-state index in [-0.39, 0.29) is 0 Å². The van der Waals surface area contributed by atoms with Crippen molar-refractivity contribution in [1.29, 1.82) is 0 Å². The van der Waals surface area contributed by atoms with Gasteiger partial charge >= 0.3 is 0 Å². The number of nitrogens with zero attached hydrogens (tertiary/aromatic N) is 1. The fourth-order valence-electron chi connectivity index (χ4n) is 2.59. The fraction of sp³-hybridized carbons (Fsp3) is 0.294. The second kappa shape index (κ2) is 6.96. The smallest absolute Gasteiger partial charge is 0.120 e. The highest BCUT2D eigenvalue weighted by atomic mass is 79.9. The second-order valence-electron chi connectivity index (χ2n) is 5.10. The SMILES string of the molecule is Brc1cccc(OCCN2CCNCc3ccccc32)c1. The predicted octanol–water partition coefficient (Wildman–Crippen LogP) is 3.44. The molecular weight excluding hydrogens is 328 g/mol. The minimum absolute atomic E-state index is 0.685. The third-order valence-corrected chi connectivity index (χ3v) is 4.13. The molecule has 0 radical (unpaired) electrons. The third-order valence-electron chi connectivity index (χ3n) is 3.63. The monoisotopic (exact) mass is 346 g/mol. The summed E-state index contributed by atoms with van der Waals surface area (Å²) < 4.78 is 6.90. The number of anilines is 1. The molecule has 21 heavy (non-hydrogen) atoms. The first-order valence-electron chi connectivity index (χ1n) is 7.25. The number of rotatable bonds is 4. The van der Waals surface area contributed by atoms with Crippen molar-refractivity contribution >= 4 is 21.6 Å². The summed E-state index contributed by atoms with van der Waals surface area (Å²) in [7, 11) is 0. The first kappa shape index (κ1) is 14.4. The van der Waals surface area contributed by atoms with Gasteiger partial charge in [0.25, 0.3) is 0 Å². The van der Waals surface area contributed by atoms with Crippen LogP contribution in [0.4, 0.5) is 5.69 Å². The third kappa shape index (κ3) is 3.77. The maximum atomic E-state index is 5.85. The lowest BCUT2D eigenvalue weighted by molar-refractivity contribution is 0.323. The molecule has 1 heterocycles. The van der Waals surface area contributed by atoms with E-state index in [1.165, 1.54) is 11.3 Å². The summed E-state index contributed by atoms with van der Waals surface area (Å²) in [5, 5.41) is 3.46. The van der Waals surface area contributed by atoms with Gasteiger partial charge in [0.2, 0.25) is 0 Å². The lowest BCUT2D eigenvalue weighted by Gasteiger charge is -2.24. The van der Waals surface area contributed by atoms with Crippen LogP contribution in [0.2, 0.25) is 0 Å². The number of halogens is 1. The van der Waals surface area contributed by atoms with E-state index in [1.807, 2.05) is 24.3 Å². The number of ether oxygens (including phenoxy) is 1. The molecule has 110 valence electrons. The molecular formula is C17H19BrN2O. The molecule has 0 saturated heterocycles. The second-order valence-corrected chi connectivity index (χ2v) is 6.01. The minimum atomic E-state index is 0.685. The van der Waals surface area contributed by atoms with Crippen molar-refractivity contribution in [2.45, 2.75) is 6.54 Å². The highest BCUT2D eigenvalue weighted by Crippen LogP contribution is 2.22. The molecule has 1 N–H and O–H groups in total. The van der Waals surface area contributed by atoms with Crippen LogP contribution in [0.15, 0.2) is 53.0 Å². The van der Waals surface area contributed by atoms with E-state index in [2.05, 4.69) is 50.4 Å². The molecule has 0 amide bonds. The van der Waals surface area contributed by atoms with Crippen molar-refractivity contribution < 1.29 is 4.74 Å². The first-order valence-corrected chi connectivity index (χ1v) is 8.04. The highest BCUT2D eigenvalue weighted by molar-refractivity contribution is 9.10. The zero-order valence-electron chi connectivity index (χ0n) is 11.9. The Morgan fingerprint density at radius 1 is 1.14 bits per heavy atom. The quantitative estimate of drug-likeness (QED) is 0.917. The Balaban J connectivity index is 1.62. The molecule has 0 saturated carbocycles. The van der Waals surface area contributed by atoms with Crippen molar-refractivity contribution in [3.05, 3.63) is 58.6 Å². The summed E-state index contributed by atoms with van der Waals surface area (Å²) in [6, 6.07) is 16.6. The zero-order chi connectivity index (χ0) is 14.5. The predicted molar refractivity (Wildman–Crippen MR) is 90.0 cm³/mol. The summed E-state index contributed by atoms with van der Waals surface area (Å²) in [6.45, 7) is 4.54. The lowest BCUT2D eigenvalue weighted by Crippen LogP contribution is -2.32. The largest absolute Gasteiger partial charge is 0.492 e. The number of nitrogens with one attached hydrogen (secondary N) is 1. The Bertz CT molecular complexity index is 603. The zero-order valence-corrected chi connectivity index (χ0v) is 13.5. The number of benzene rings is 2. The summed E-state index contributed by atoms with van der Waals surface area (Å²) in [4.78, 5) is 2.40. The maximum absolute atomic E-state index is 5.85. The van der Waals surface area contributed by atoms with Crippen LogP contribution in [0.3, 0.4) is 0 Å². The average molecular weight is 347 g/mol. The van der Waals surface area contributed by atoms with Crippen molar-refractivity contribution in [3.63, 3.8) is 0 Å². The number of fused-ring (bicyclic) bond motifs is 1. The van der Waals surface area contributed by atoms with Gasteiger partial charge in [0.15, 0.2) is 0 Å². The standard InChI is InChI=1S/C17H19BrN2O/c18-15-5-3-6-16(12-15)21-11-10-20-9-8-19-13-14-4-1-2-7-17(14)20/h1-7,12,19H,8-11,13H2. The Morgan fingerprint density at radius 3 is 2.95 bits per heavy atom. The van der Waals surface area contributed by atoms with Crippen LogP contribution in [0.5, 0.6) is 5.75 Å². The normalized spacial score (nSPS) is 14.4. The maximum Gasteiger partial charge on any atom is 0.120 e. The van der Waals surface area contributed by atoms with Crippen LogP contribution in [0.25, 0.3) is 0 Å². The number of para-hydroxylation sites is 1. The molecule has 0 aliphatic carbocycles. The van der Waals surface area contributed by atoms with Gasteiger partial charge in [-0.2, -0.15) is 0 Å². The molecule has 2 aromatic rings. The van der Waals surface area contributed by atoms with Gasteiger partial charge in [-0.25, -0.2) is 0 Å². The van der Waals surface area contributed by atoms with E-state index in [0.717, 1.165) is 36.4 Å². The molecule has 0 atom stereocenters. The fourth-order valence-corrected chi connectivity index (χ4v) is 2.97. The van der Waals surface area contributed by atoms with Gasteiger partial charge < -0.3 is 15.0 Å². The van der Waals surface area contributed by atoms with Crippen LogP contribution >= 0.6 is 15.9 Å². The van der Waals surface area contributed by atoms with Gasteiger partial charge in [-0.05, 0) is 29.8 Å². The van der Waals surface area contributed by atoms with Gasteiger partial charge in [0.05, 0.1) is 6.54 Å². The topological polar surface area (TPSA) is 24.5 Å². The van der Waals surface area contributed by atoms with Crippen LogP contribution in [-0.4, -0.2) is 26.2 Å². The molecule has 1 aliphatic heterocycles. The molecule has 1 aliphatic rings. The van der Waals surface area contributed by atoms with E-state index >= 15 is 0 Å². The van der Waals surface area contributed by atoms with Gasteiger partial charge in [-0.15, -0.1) is 0 Å². The van der Waals surface area contributed by atoms with E-state index in [0.29, 0.717) is 6.61 Å². The Hall–Kier alpha value is -1.52. The van der Waals surface area contributed by atoms with Crippen LogP contribution < -0.4 is 15.0 Å². The molecule has 0 spiro atoms. The summed E-state index contributed by atoms with van der Waals surface area (Å²) in [5.41, 5.74) is 2.68. The summed E-state index contributed by atoms with van der Waals surface area (Å²) in [6.07, 6.45) is 0. The Morgan fingerprint density at radius 2 is 2.05 bits per heavy atom. The summed E-state index contributed by atoms with van der Waals surface area (Å²) in [5.74, 6) is 0.908. The number of hydrogen-bond donors (Lipinski definition) is 1. The van der Waals surface area contributed by atoms with Crippen LogP contribution in [0, 0.1) is 0 Å². The Labute approximate surface area is 134 Å². The molecule has 2 aromatic carbocycles. The van der Waals surface area contributed by atoms with Gasteiger partial charge in [0, 0.05) is 29.8 Å². The van der Waals surface area contributed by atoms with E-state index in [9.17, 15) is 0 Å². The van der Waals surface area contributed by atoms with Crippen molar-refractivity contribution in [2.75, 3.05) is 31.1 Å². The Kier molecular flexibility index (Phi) is 4.78. The van der Waals surface area contributed by atoms with E-state index in [1.54, 1.807) is 0 Å². The molecule has 4 heteroatoms. The average Bonchev–Trinajstić information content (AvgIpc) is 2.70. The van der Waals surface area contributed by atoms with Crippen molar-refractivity contribution in [3.8, 4) is 5.75 Å².